The molecule has 3 aliphatic heterocycles. The van der Waals surface area contributed by atoms with Gasteiger partial charge in [-0.15, -0.1) is 0 Å². The molecule has 0 unspecified atom stereocenters. The van der Waals surface area contributed by atoms with E-state index in [1.807, 2.05) is 12.1 Å². The van der Waals surface area contributed by atoms with Crippen molar-refractivity contribution in [1.82, 2.24) is 4.90 Å². The van der Waals surface area contributed by atoms with Crippen molar-refractivity contribution in [2.24, 2.45) is 0 Å². The number of hydrogen-bond acceptors (Lipinski definition) is 6. The van der Waals surface area contributed by atoms with Crippen molar-refractivity contribution < 1.29 is 19.2 Å². The van der Waals surface area contributed by atoms with Crippen LogP contribution in [0.4, 0.5) is 11.4 Å². The lowest BCUT2D eigenvalue weighted by atomic mass is 9.89. The largest absolute Gasteiger partial charge is 0.484 e. The van der Waals surface area contributed by atoms with Gasteiger partial charge in [-0.1, -0.05) is 0 Å². The Bertz CT molecular complexity index is 636. The van der Waals surface area contributed by atoms with E-state index in [0.29, 0.717) is 23.8 Å². The molecule has 0 N–H and O–H groups in total. The highest BCUT2D eigenvalue weighted by molar-refractivity contribution is 5.69. The molecular weight excluding hydrogens is 298 g/mol. The Labute approximate surface area is 135 Å². The quantitative estimate of drug-likeness (QED) is 0.778. The summed E-state index contributed by atoms with van der Waals surface area (Å²) >= 11 is 0. The number of nitrogens with zero attached hydrogens (tertiary/aromatic N) is 3. The molecule has 0 aliphatic carbocycles. The zero-order chi connectivity index (χ0) is 16.0. The molecule has 1 aromatic carbocycles. The Hall–Kier alpha value is -1.86. The van der Waals surface area contributed by atoms with Gasteiger partial charge in [0, 0.05) is 50.3 Å². The second-order valence-electron chi connectivity index (χ2n) is 6.62. The third kappa shape index (κ3) is 2.44. The van der Waals surface area contributed by atoms with Gasteiger partial charge < -0.3 is 14.4 Å². The maximum Gasteiger partial charge on any atom is 0.340 e. The summed E-state index contributed by atoms with van der Waals surface area (Å²) in [7, 11) is 3.48. The van der Waals surface area contributed by atoms with E-state index >= 15 is 0 Å². The molecule has 0 aromatic heterocycles. The zero-order valence-electron chi connectivity index (χ0n) is 13.6. The van der Waals surface area contributed by atoms with E-state index < -0.39 is 0 Å². The molecule has 2 saturated heterocycles. The Morgan fingerprint density at radius 1 is 1.26 bits per heavy atom. The van der Waals surface area contributed by atoms with Crippen molar-refractivity contribution in [3.8, 4) is 5.75 Å². The van der Waals surface area contributed by atoms with Gasteiger partial charge in [0.1, 0.15) is 17.0 Å². The number of rotatable bonds is 3. The van der Waals surface area contributed by atoms with E-state index in [-0.39, 0.29) is 5.60 Å². The van der Waals surface area contributed by atoms with Crippen LogP contribution in [0.5, 0.6) is 5.75 Å². The Morgan fingerprint density at radius 2 is 2.00 bits per heavy atom. The number of hydrogen-bond donors (Lipinski definition) is 0. The van der Waals surface area contributed by atoms with Gasteiger partial charge in [-0.2, -0.15) is 0 Å². The van der Waals surface area contributed by atoms with Gasteiger partial charge in [0.05, 0.1) is 18.1 Å². The predicted octanol–water partition coefficient (Wildman–Crippen LogP) is 1.11. The first-order chi connectivity index (χ1) is 11.1. The molecule has 0 radical (unpaired) electrons. The first-order valence-corrected chi connectivity index (χ1v) is 7.99. The highest BCUT2D eigenvalue weighted by Gasteiger charge is 2.49. The van der Waals surface area contributed by atoms with Gasteiger partial charge >= 0.3 is 5.69 Å². The van der Waals surface area contributed by atoms with Crippen molar-refractivity contribution in [1.29, 1.82) is 0 Å². The minimum absolute atomic E-state index is 0.112. The van der Waals surface area contributed by atoms with Crippen LogP contribution in [0.3, 0.4) is 0 Å². The molecule has 3 aliphatic rings. The molecule has 3 heterocycles. The highest BCUT2D eigenvalue weighted by Crippen LogP contribution is 2.45. The number of likely N-dealkylation sites (N-methyl/N-ethyl adjacent to an activating group) is 1. The summed E-state index contributed by atoms with van der Waals surface area (Å²) in [6, 6.07) is 3.91. The van der Waals surface area contributed by atoms with Crippen LogP contribution in [-0.4, -0.2) is 69.0 Å². The Morgan fingerprint density at radius 3 is 2.65 bits per heavy atom. The molecule has 0 bridgehead atoms. The third-order valence-corrected chi connectivity index (χ3v) is 4.83. The zero-order valence-corrected chi connectivity index (χ0v) is 13.6. The first-order valence-electron chi connectivity index (χ1n) is 7.99. The van der Waals surface area contributed by atoms with Crippen molar-refractivity contribution >= 4 is 11.4 Å². The summed E-state index contributed by atoms with van der Waals surface area (Å²) in [6.07, 6.45) is 0.848. The lowest BCUT2D eigenvalue weighted by Crippen LogP contribution is -2.62. The maximum atomic E-state index is 12.2. The van der Waals surface area contributed by atoms with Gasteiger partial charge in [-0.05, 0) is 7.05 Å². The molecule has 2 fully saturated rings. The summed E-state index contributed by atoms with van der Waals surface area (Å²) in [5.74, 6) is 0.896. The smallest absolute Gasteiger partial charge is 0.340 e. The molecule has 7 nitrogen and oxygen atoms in total. The van der Waals surface area contributed by atoms with Crippen molar-refractivity contribution in [2.75, 3.05) is 58.5 Å². The van der Waals surface area contributed by atoms with E-state index in [1.54, 1.807) is 0 Å². The number of benzene rings is 1. The van der Waals surface area contributed by atoms with E-state index in [2.05, 4.69) is 16.8 Å². The van der Waals surface area contributed by atoms with Gasteiger partial charge in [0.15, 0.2) is 7.11 Å². The van der Waals surface area contributed by atoms with Crippen LogP contribution >= 0.6 is 0 Å². The number of ether oxygens (including phenoxy) is 2. The molecule has 0 atom stereocenters. The summed E-state index contributed by atoms with van der Waals surface area (Å²) in [5, 5.41) is 0. The van der Waals surface area contributed by atoms with Crippen LogP contribution in [-0.2, 0) is 16.0 Å². The highest BCUT2D eigenvalue weighted by atomic mass is 16.8. The third-order valence-electron chi connectivity index (χ3n) is 4.83. The van der Waals surface area contributed by atoms with Crippen molar-refractivity contribution in [3.63, 3.8) is 0 Å². The van der Waals surface area contributed by atoms with Crippen LogP contribution < -0.4 is 9.64 Å². The Kier molecular flexibility index (Phi) is 3.42. The SMILES string of the molecule is CO[N+](=O)c1cc2c(cc1N1CCOCC1)OC1(C2)CN(C)C1. The van der Waals surface area contributed by atoms with Crippen LogP contribution in [0.15, 0.2) is 12.1 Å². The summed E-state index contributed by atoms with van der Waals surface area (Å²) in [4.78, 5) is 22.1. The van der Waals surface area contributed by atoms with Gasteiger partial charge in [-0.25, -0.2) is 4.84 Å². The van der Waals surface area contributed by atoms with E-state index in [9.17, 15) is 4.91 Å². The minimum Gasteiger partial charge on any atom is -0.484 e. The summed E-state index contributed by atoms with van der Waals surface area (Å²) in [6.45, 7) is 4.70. The fourth-order valence-electron chi connectivity index (χ4n) is 3.87. The molecule has 124 valence electrons. The average Bonchev–Trinajstić information content (AvgIpc) is 2.91. The molecule has 23 heavy (non-hydrogen) atoms. The fourth-order valence-corrected chi connectivity index (χ4v) is 3.87. The second kappa shape index (κ2) is 5.35. The predicted molar refractivity (Wildman–Crippen MR) is 84.3 cm³/mol. The molecule has 0 amide bonds. The number of anilines is 1. The average molecular weight is 320 g/mol. The molecule has 0 saturated carbocycles. The Balaban J connectivity index is 1.70. The van der Waals surface area contributed by atoms with Crippen molar-refractivity contribution in [2.45, 2.75) is 12.0 Å². The fraction of sp³-hybridized carbons (Fsp3) is 0.625. The molecular formula is C16H22N3O4+. The van der Waals surface area contributed by atoms with Gasteiger partial charge in [0.25, 0.3) is 4.92 Å². The minimum atomic E-state index is -0.112. The lowest BCUT2D eigenvalue weighted by molar-refractivity contribution is -0.736. The lowest BCUT2D eigenvalue weighted by Gasteiger charge is -2.44. The molecule has 1 spiro atoms. The van der Waals surface area contributed by atoms with Gasteiger partial charge in [-0.3, -0.25) is 4.90 Å². The molecule has 4 rings (SSSR count). The van der Waals surface area contributed by atoms with Crippen LogP contribution in [0.25, 0.3) is 0 Å². The molecule has 1 aromatic rings. The van der Waals surface area contributed by atoms with Crippen LogP contribution in [0.1, 0.15) is 5.56 Å². The number of likely N-dealkylation sites (tertiary alicyclic amines) is 1. The standard InChI is InChI=1S/C16H22N3O4/c1-17-10-16(11-17)9-12-7-14(19(20)21-2)13(8-15(12)23-16)18-3-5-22-6-4-18/h7-8H,3-6,9-11H2,1-2H3/q+1. The summed E-state index contributed by atoms with van der Waals surface area (Å²) in [5.41, 5.74) is 2.37. The van der Waals surface area contributed by atoms with Crippen LogP contribution in [0, 0.1) is 4.91 Å². The van der Waals surface area contributed by atoms with E-state index in [0.717, 1.165) is 49.6 Å². The number of morpholine rings is 1. The normalized spacial score (nSPS) is 22.4. The molecule has 7 heteroatoms. The monoisotopic (exact) mass is 320 g/mol. The van der Waals surface area contributed by atoms with Crippen molar-refractivity contribution in [3.05, 3.63) is 22.6 Å². The number of fused-ring (bicyclic) bond motifs is 1. The second-order valence-corrected chi connectivity index (χ2v) is 6.62. The van der Waals surface area contributed by atoms with E-state index in [1.165, 1.54) is 7.11 Å². The topological polar surface area (TPSA) is 54.3 Å². The first kappa shape index (κ1) is 14.7. The van der Waals surface area contributed by atoms with E-state index in [4.69, 9.17) is 14.3 Å². The van der Waals surface area contributed by atoms with Crippen LogP contribution in [0.2, 0.25) is 0 Å². The summed E-state index contributed by atoms with van der Waals surface area (Å²) < 4.78 is 11.7. The maximum absolute atomic E-state index is 12.2. The van der Waals surface area contributed by atoms with Gasteiger partial charge in [0.2, 0.25) is 0 Å².